The third-order valence-corrected chi connectivity index (χ3v) is 2.25. The Bertz CT molecular complexity index is 408. The number of fused-ring (bicyclic) bond motifs is 1. The van der Waals surface area contributed by atoms with Gasteiger partial charge in [0.25, 0.3) is 0 Å². The molecule has 2 aromatic rings. The highest BCUT2D eigenvalue weighted by Crippen LogP contribution is 2.24. The molecule has 0 saturated carbocycles. The molecule has 1 aromatic carbocycles. The van der Waals surface area contributed by atoms with E-state index in [1.807, 2.05) is 18.2 Å². The number of halogens is 2. The molecule has 1 nitrogen and oxygen atoms in total. The lowest BCUT2D eigenvalue weighted by Gasteiger charge is -1.90. The monoisotopic (exact) mass is 228 g/mol. The van der Waals surface area contributed by atoms with Gasteiger partial charge in [0.15, 0.2) is 0 Å². The van der Waals surface area contributed by atoms with Gasteiger partial charge in [-0.1, -0.05) is 15.9 Å². The lowest BCUT2D eigenvalue weighted by Crippen LogP contribution is -1.72. The summed E-state index contributed by atoms with van der Waals surface area (Å²) in [7, 11) is 0. The van der Waals surface area contributed by atoms with Gasteiger partial charge in [0.1, 0.15) is 12.3 Å². The number of benzene rings is 1. The second-order valence-electron chi connectivity index (χ2n) is 2.54. The van der Waals surface area contributed by atoms with Crippen LogP contribution in [-0.2, 0) is 6.67 Å². The third-order valence-electron chi connectivity index (χ3n) is 1.76. The zero-order chi connectivity index (χ0) is 8.55. The molecule has 1 aromatic heterocycles. The second-order valence-corrected chi connectivity index (χ2v) is 3.45. The zero-order valence-electron chi connectivity index (χ0n) is 6.18. The molecule has 0 bridgehead atoms. The fourth-order valence-electron chi connectivity index (χ4n) is 1.16. The Labute approximate surface area is 77.3 Å². The zero-order valence-corrected chi connectivity index (χ0v) is 7.77. The van der Waals surface area contributed by atoms with E-state index in [0.717, 1.165) is 15.4 Å². The Morgan fingerprint density at radius 2 is 2.25 bits per heavy atom. The van der Waals surface area contributed by atoms with Gasteiger partial charge in [-0.3, -0.25) is 0 Å². The highest BCUT2D eigenvalue weighted by Gasteiger charge is 2.04. The summed E-state index contributed by atoms with van der Waals surface area (Å²) >= 11 is 3.31. The van der Waals surface area contributed by atoms with Crippen LogP contribution >= 0.6 is 15.9 Å². The molecule has 0 fully saturated rings. The Kier molecular flexibility index (Phi) is 1.89. The van der Waals surface area contributed by atoms with E-state index in [0.29, 0.717) is 5.56 Å². The van der Waals surface area contributed by atoms with Gasteiger partial charge in [-0.05, 0) is 18.2 Å². The molecule has 0 aliphatic carbocycles. The van der Waals surface area contributed by atoms with Crippen molar-refractivity contribution >= 4 is 26.9 Å². The summed E-state index contributed by atoms with van der Waals surface area (Å²) in [6.07, 6.45) is 1.46. The fraction of sp³-hybridized carbons (Fsp3) is 0.111. The van der Waals surface area contributed by atoms with E-state index in [-0.39, 0.29) is 0 Å². The van der Waals surface area contributed by atoms with Crippen LogP contribution in [0.25, 0.3) is 11.0 Å². The second kappa shape index (κ2) is 2.90. The first-order valence-electron chi connectivity index (χ1n) is 3.53. The standard InChI is InChI=1S/C9H6BrFO/c10-7-1-2-8-6(4-11)5-12-9(8)3-7/h1-3,5H,4H2. The molecule has 0 aliphatic rings. The molecule has 2 rings (SSSR count). The van der Waals surface area contributed by atoms with Crippen LogP contribution in [0.4, 0.5) is 4.39 Å². The molecule has 62 valence electrons. The summed E-state index contributed by atoms with van der Waals surface area (Å²) < 4.78 is 18.4. The molecule has 0 atom stereocenters. The molecule has 0 unspecified atom stereocenters. The summed E-state index contributed by atoms with van der Waals surface area (Å²) in [6, 6.07) is 5.54. The maximum absolute atomic E-state index is 12.3. The van der Waals surface area contributed by atoms with Gasteiger partial charge in [0.05, 0.1) is 6.26 Å². The van der Waals surface area contributed by atoms with Crippen LogP contribution in [0, 0.1) is 0 Å². The third kappa shape index (κ3) is 1.14. The molecular weight excluding hydrogens is 223 g/mol. The highest BCUT2D eigenvalue weighted by atomic mass is 79.9. The molecular formula is C9H6BrFO. The van der Waals surface area contributed by atoms with E-state index in [1.165, 1.54) is 6.26 Å². The van der Waals surface area contributed by atoms with Gasteiger partial charge in [-0.15, -0.1) is 0 Å². The van der Waals surface area contributed by atoms with E-state index in [1.54, 1.807) is 0 Å². The van der Waals surface area contributed by atoms with Gasteiger partial charge in [-0.25, -0.2) is 4.39 Å². The van der Waals surface area contributed by atoms with Crippen molar-refractivity contribution in [1.29, 1.82) is 0 Å². The van der Waals surface area contributed by atoms with Crippen molar-refractivity contribution in [3.8, 4) is 0 Å². The van der Waals surface area contributed by atoms with E-state index in [2.05, 4.69) is 15.9 Å². The van der Waals surface area contributed by atoms with Gasteiger partial charge in [0, 0.05) is 15.4 Å². The maximum Gasteiger partial charge on any atom is 0.135 e. The maximum atomic E-state index is 12.3. The van der Waals surface area contributed by atoms with Crippen LogP contribution in [0.2, 0.25) is 0 Å². The van der Waals surface area contributed by atoms with E-state index in [4.69, 9.17) is 4.42 Å². The summed E-state index contributed by atoms with van der Waals surface area (Å²) in [5.41, 5.74) is 1.33. The number of rotatable bonds is 1. The van der Waals surface area contributed by atoms with Gasteiger partial charge in [-0.2, -0.15) is 0 Å². The van der Waals surface area contributed by atoms with Crippen LogP contribution in [0.5, 0.6) is 0 Å². The summed E-state index contributed by atoms with van der Waals surface area (Å²) in [4.78, 5) is 0. The van der Waals surface area contributed by atoms with Crippen molar-refractivity contribution in [1.82, 2.24) is 0 Å². The Morgan fingerprint density at radius 1 is 1.42 bits per heavy atom. The molecule has 0 aliphatic heterocycles. The van der Waals surface area contributed by atoms with Gasteiger partial charge < -0.3 is 4.42 Å². The number of furan rings is 1. The first-order valence-corrected chi connectivity index (χ1v) is 4.32. The van der Waals surface area contributed by atoms with Crippen LogP contribution < -0.4 is 0 Å². The summed E-state index contributed by atoms with van der Waals surface area (Å²) in [5.74, 6) is 0. The van der Waals surface area contributed by atoms with Crippen molar-refractivity contribution in [2.75, 3.05) is 0 Å². The van der Waals surface area contributed by atoms with Crippen LogP contribution in [0.15, 0.2) is 33.4 Å². The minimum atomic E-state index is -0.478. The Balaban J connectivity index is 2.73. The molecule has 0 saturated heterocycles. The molecule has 1 heterocycles. The topological polar surface area (TPSA) is 13.1 Å². The van der Waals surface area contributed by atoms with Crippen molar-refractivity contribution in [3.63, 3.8) is 0 Å². The van der Waals surface area contributed by atoms with E-state index >= 15 is 0 Å². The summed E-state index contributed by atoms with van der Waals surface area (Å²) in [5, 5.41) is 0.848. The predicted octanol–water partition coefficient (Wildman–Crippen LogP) is 3.66. The van der Waals surface area contributed by atoms with Crippen LogP contribution in [-0.4, -0.2) is 0 Å². The number of hydrogen-bond acceptors (Lipinski definition) is 1. The Hall–Kier alpha value is -0.830. The van der Waals surface area contributed by atoms with E-state index < -0.39 is 6.67 Å². The lowest BCUT2D eigenvalue weighted by molar-refractivity contribution is 0.480. The van der Waals surface area contributed by atoms with Crippen molar-refractivity contribution in [2.45, 2.75) is 6.67 Å². The molecule has 3 heteroatoms. The molecule has 0 radical (unpaired) electrons. The predicted molar refractivity (Wildman–Crippen MR) is 48.7 cm³/mol. The number of alkyl halides is 1. The fourth-order valence-corrected chi connectivity index (χ4v) is 1.50. The van der Waals surface area contributed by atoms with Gasteiger partial charge in [0.2, 0.25) is 0 Å². The molecule has 0 spiro atoms. The first kappa shape index (κ1) is 7.80. The van der Waals surface area contributed by atoms with Gasteiger partial charge >= 0.3 is 0 Å². The van der Waals surface area contributed by atoms with Crippen molar-refractivity contribution < 1.29 is 8.81 Å². The normalized spacial score (nSPS) is 10.8. The minimum absolute atomic E-state index is 0.478. The Morgan fingerprint density at radius 3 is 3.00 bits per heavy atom. The smallest absolute Gasteiger partial charge is 0.135 e. The SMILES string of the molecule is FCc1coc2cc(Br)ccc12. The minimum Gasteiger partial charge on any atom is -0.464 e. The van der Waals surface area contributed by atoms with Crippen molar-refractivity contribution in [3.05, 3.63) is 34.5 Å². The molecule has 0 amide bonds. The van der Waals surface area contributed by atoms with Crippen LogP contribution in [0.3, 0.4) is 0 Å². The number of hydrogen-bond donors (Lipinski definition) is 0. The lowest BCUT2D eigenvalue weighted by atomic mass is 10.2. The highest BCUT2D eigenvalue weighted by molar-refractivity contribution is 9.10. The largest absolute Gasteiger partial charge is 0.464 e. The van der Waals surface area contributed by atoms with E-state index in [9.17, 15) is 4.39 Å². The first-order chi connectivity index (χ1) is 5.81. The van der Waals surface area contributed by atoms with Crippen molar-refractivity contribution in [2.24, 2.45) is 0 Å². The average Bonchev–Trinajstić information content (AvgIpc) is 2.46. The van der Waals surface area contributed by atoms with Crippen LogP contribution in [0.1, 0.15) is 5.56 Å². The molecule has 0 N–H and O–H groups in total. The quantitative estimate of drug-likeness (QED) is 0.727. The average molecular weight is 229 g/mol. The summed E-state index contributed by atoms with van der Waals surface area (Å²) in [6.45, 7) is -0.478. The molecule has 12 heavy (non-hydrogen) atoms.